The smallest absolute Gasteiger partial charge is 0.317 e. The molecule has 0 unspecified atom stereocenters. The quantitative estimate of drug-likeness (QED) is 0.893. The van der Waals surface area contributed by atoms with Crippen LogP contribution >= 0.6 is 27.5 Å². The van der Waals surface area contributed by atoms with E-state index in [0.29, 0.717) is 6.04 Å². The number of amides is 2. The van der Waals surface area contributed by atoms with Crippen LogP contribution in [0.3, 0.4) is 0 Å². The maximum Gasteiger partial charge on any atom is 0.317 e. The molecule has 3 rings (SSSR count). The lowest BCUT2D eigenvalue weighted by molar-refractivity contribution is 0.116. The van der Waals surface area contributed by atoms with Gasteiger partial charge in [0.15, 0.2) is 0 Å². The lowest BCUT2D eigenvalue weighted by atomic mass is 10.1. The first-order chi connectivity index (χ1) is 9.13. The molecule has 1 N–H and O–H groups in total. The zero-order valence-electron chi connectivity index (χ0n) is 10.4. The molecule has 2 aliphatic heterocycles. The number of carbonyl (C=O) groups excluding carboxylic acids is 1. The van der Waals surface area contributed by atoms with Gasteiger partial charge in [-0.15, -0.1) is 0 Å². The molecule has 2 heterocycles. The van der Waals surface area contributed by atoms with Crippen LogP contribution in [0.4, 0.5) is 4.79 Å². The summed E-state index contributed by atoms with van der Waals surface area (Å²) in [5, 5.41) is 3.66. The van der Waals surface area contributed by atoms with Crippen LogP contribution < -0.4 is 5.32 Å². The molecule has 1 aromatic rings. The molecule has 1 aromatic carbocycles. The third-order valence-electron chi connectivity index (χ3n) is 3.72. The van der Waals surface area contributed by atoms with Gasteiger partial charge in [0.25, 0.3) is 0 Å². The molecule has 0 spiro atoms. The number of piperazine rings is 1. The average molecular weight is 345 g/mol. The molecule has 2 amide bonds. The van der Waals surface area contributed by atoms with Gasteiger partial charge in [0.2, 0.25) is 0 Å². The average Bonchev–Trinajstić information content (AvgIpc) is 2.75. The number of carbonyl (C=O) groups is 1. The Bertz CT molecular complexity index is 511. The number of nitrogens with zero attached hydrogens (tertiary/aromatic N) is 2. The van der Waals surface area contributed by atoms with E-state index >= 15 is 0 Å². The molecule has 0 saturated carbocycles. The number of hydrogen-bond donors (Lipinski definition) is 1. The van der Waals surface area contributed by atoms with Crippen LogP contribution in [0.2, 0.25) is 5.02 Å². The largest absolute Gasteiger partial charge is 0.336 e. The summed E-state index contributed by atoms with van der Waals surface area (Å²) < 4.78 is 1.08. The Balaban J connectivity index is 1.68. The molecule has 1 atom stereocenters. The van der Waals surface area contributed by atoms with E-state index in [1.54, 1.807) is 0 Å². The highest BCUT2D eigenvalue weighted by Crippen LogP contribution is 2.24. The minimum Gasteiger partial charge on any atom is -0.336 e. The molecule has 102 valence electrons. The number of rotatable bonds is 2. The Kier molecular flexibility index (Phi) is 3.69. The molecule has 6 heteroatoms. The fraction of sp³-hybridized carbons (Fsp3) is 0.462. The van der Waals surface area contributed by atoms with E-state index in [1.807, 2.05) is 23.1 Å². The predicted octanol–water partition coefficient (Wildman–Crippen LogP) is 2.31. The molecule has 0 bridgehead atoms. The minimum absolute atomic E-state index is 0.0774. The van der Waals surface area contributed by atoms with Crippen molar-refractivity contribution in [2.24, 2.45) is 0 Å². The summed E-state index contributed by atoms with van der Waals surface area (Å²) in [5.74, 6) is 0. The Morgan fingerprint density at radius 3 is 3.11 bits per heavy atom. The number of benzene rings is 1. The summed E-state index contributed by atoms with van der Waals surface area (Å²) >= 11 is 9.60. The number of urea groups is 1. The monoisotopic (exact) mass is 343 g/mol. The Hall–Kier alpha value is -0.780. The van der Waals surface area contributed by atoms with Crippen LogP contribution in [0.25, 0.3) is 0 Å². The van der Waals surface area contributed by atoms with Crippen molar-refractivity contribution in [2.45, 2.75) is 12.6 Å². The molecule has 0 aromatic heterocycles. The van der Waals surface area contributed by atoms with Gasteiger partial charge in [-0.25, -0.2) is 4.79 Å². The lowest BCUT2D eigenvalue weighted by Gasteiger charge is -2.36. The van der Waals surface area contributed by atoms with E-state index in [1.165, 1.54) is 5.56 Å². The SMILES string of the molecule is O=C1NC[C@H]2CN(Cc3cc(Cl)ccc3Br)CCN12. The third kappa shape index (κ3) is 2.73. The first-order valence-electron chi connectivity index (χ1n) is 6.34. The van der Waals surface area contributed by atoms with Crippen molar-refractivity contribution < 1.29 is 4.79 Å². The first kappa shape index (κ1) is 13.2. The zero-order chi connectivity index (χ0) is 13.4. The lowest BCUT2D eigenvalue weighted by Crippen LogP contribution is -2.51. The molecule has 0 aliphatic carbocycles. The second-order valence-electron chi connectivity index (χ2n) is 5.00. The summed E-state index contributed by atoms with van der Waals surface area (Å²) in [6.45, 7) is 4.24. The minimum atomic E-state index is 0.0774. The first-order valence-corrected chi connectivity index (χ1v) is 7.51. The summed E-state index contributed by atoms with van der Waals surface area (Å²) in [6.07, 6.45) is 0. The zero-order valence-corrected chi connectivity index (χ0v) is 12.7. The van der Waals surface area contributed by atoms with Crippen LogP contribution in [0, 0.1) is 0 Å². The van der Waals surface area contributed by atoms with Crippen LogP contribution in [0.15, 0.2) is 22.7 Å². The van der Waals surface area contributed by atoms with Crippen molar-refractivity contribution >= 4 is 33.6 Å². The van der Waals surface area contributed by atoms with Gasteiger partial charge in [-0.1, -0.05) is 27.5 Å². The Morgan fingerprint density at radius 1 is 1.42 bits per heavy atom. The Morgan fingerprint density at radius 2 is 2.26 bits per heavy atom. The normalized spacial score (nSPS) is 23.4. The van der Waals surface area contributed by atoms with Crippen molar-refractivity contribution in [3.05, 3.63) is 33.3 Å². The van der Waals surface area contributed by atoms with Gasteiger partial charge < -0.3 is 10.2 Å². The van der Waals surface area contributed by atoms with E-state index < -0.39 is 0 Å². The summed E-state index contributed by atoms with van der Waals surface area (Å²) in [4.78, 5) is 15.9. The van der Waals surface area contributed by atoms with Crippen molar-refractivity contribution in [2.75, 3.05) is 26.2 Å². The van der Waals surface area contributed by atoms with Gasteiger partial charge in [-0.05, 0) is 23.8 Å². The molecule has 4 nitrogen and oxygen atoms in total. The van der Waals surface area contributed by atoms with Crippen molar-refractivity contribution in [3.63, 3.8) is 0 Å². The van der Waals surface area contributed by atoms with E-state index in [4.69, 9.17) is 11.6 Å². The number of nitrogens with one attached hydrogen (secondary N) is 1. The second kappa shape index (κ2) is 5.31. The van der Waals surface area contributed by atoms with Gasteiger partial charge in [0.05, 0.1) is 6.04 Å². The maximum atomic E-state index is 11.5. The highest BCUT2D eigenvalue weighted by molar-refractivity contribution is 9.10. The van der Waals surface area contributed by atoms with Crippen LogP contribution in [-0.4, -0.2) is 48.1 Å². The van der Waals surface area contributed by atoms with Gasteiger partial charge >= 0.3 is 6.03 Å². The van der Waals surface area contributed by atoms with Gasteiger partial charge in [-0.2, -0.15) is 0 Å². The van der Waals surface area contributed by atoms with Crippen molar-refractivity contribution in [3.8, 4) is 0 Å². The van der Waals surface area contributed by atoms with Crippen molar-refractivity contribution in [1.82, 2.24) is 15.1 Å². The molecule has 19 heavy (non-hydrogen) atoms. The van der Waals surface area contributed by atoms with Gasteiger partial charge in [-0.3, -0.25) is 4.90 Å². The molecule has 2 saturated heterocycles. The number of fused-ring (bicyclic) bond motifs is 1. The highest BCUT2D eigenvalue weighted by Gasteiger charge is 2.35. The number of halogens is 2. The summed E-state index contributed by atoms with van der Waals surface area (Å²) in [6, 6.07) is 6.24. The molecule has 2 fully saturated rings. The van der Waals surface area contributed by atoms with Crippen LogP contribution in [0.5, 0.6) is 0 Å². The topological polar surface area (TPSA) is 35.6 Å². The van der Waals surface area contributed by atoms with E-state index in [9.17, 15) is 4.79 Å². The molecular formula is C13H15BrClN3O. The maximum absolute atomic E-state index is 11.5. The molecule has 0 radical (unpaired) electrons. The standard InChI is InChI=1S/C13H15BrClN3O/c14-12-2-1-10(15)5-9(12)7-17-3-4-18-11(8-17)6-16-13(18)19/h1-2,5,11H,3-4,6-8H2,(H,16,19)/t11-/m0/s1. The predicted molar refractivity (Wildman–Crippen MR) is 78.3 cm³/mol. The van der Waals surface area contributed by atoms with Crippen LogP contribution in [-0.2, 0) is 6.54 Å². The fourth-order valence-electron chi connectivity index (χ4n) is 2.72. The van der Waals surface area contributed by atoms with E-state index in [0.717, 1.165) is 42.2 Å². The highest BCUT2D eigenvalue weighted by atomic mass is 79.9. The van der Waals surface area contributed by atoms with E-state index in [2.05, 4.69) is 26.1 Å². The Labute approximate surface area is 125 Å². The van der Waals surface area contributed by atoms with Gasteiger partial charge in [0.1, 0.15) is 0 Å². The van der Waals surface area contributed by atoms with E-state index in [-0.39, 0.29) is 6.03 Å². The second-order valence-corrected chi connectivity index (χ2v) is 6.29. The van der Waals surface area contributed by atoms with Crippen molar-refractivity contribution in [1.29, 1.82) is 0 Å². The molecular weight excluding hydrogens is 330 g/mol. The molecule has 2 aliphatic rings. The number of hydrogen-bond acceptors (Lipinski definition) is 2. The van der Waals surface area contributed by atoms with Gasteiger partial charge in [0, 0.05) is 42.2 Å². The third-order valence-corrected chi connectivity index (χ3v) is 4.73. The van der Waals surface area contributed by atoms with Crippen LogP contribution in [0.1, 0.15) is 5.56 Å². The summed E-state index contributed by atoms with van der Waals surface area (Å²) in [7, 11) is 0. The fourth-order valence-corrected chi connectivity index (χ4v) is 3.28. The summed E-state index contributed by atoms with van der Waals surface area (Å²) in [5.41, 5.74) is 1.19.